The molecule has 2 atom stereocenters. The van der Waals surface area contributed by atoms with Crippen LogP contribution in [0.25, 0.3) is 32.2 Å². The number of unbranched alkanes of at least 4 members (excludes halogenated alkanes) is 1. The van der Waals surface area contributed by atoms with Gasteiger partial charge in [0.25, 0.3) is 0 Å². The zero-order valence-corrected chi connectivity index (χ0v) is 24.8. The van der Waals surface area contributed by atoms with Crippen molar-refractivity contribution in [3.05, 3.63) is 40.7 Å². The summed E-state index contributed by atoms with van der Waals surface area (Å²) in [6.45, 7) is 14.8. The van der Waals surface area contributed by atoms with Crippen LogP contribution in [0.4, 0.5) is 19.7 Å². The van der Waals surface area contributed by atoms with E-state index in [-0.39, 0.29) is 50.6 Å². The molecular formula is C30H36F2N6OS. The van der Waals surface area contributed by atoms with Crippen LogP contribution in [-0.4, -0.2) is 28.0 Å². The van der Waals surface area contributed by atoms with Gasteiger partial charge in [0.1, 0.15) is 16.6 Å². The van der Waals surface area contributed by atoms with Crippen LogP contribution in [0.2, 0.25) is 0 Å². The third-order valence-corrected chi connectivity index (χ3v) is 8.53. The van der Waals surface area contributed by atoms with Crippen molar-refractivity contribution in [3.8, 4) is 17.3 Å². The Kier molecular flexibility index (Phi) is 9.16. The van der Waals surface area contributed by atoms with E-state index in [0.29, 0.717) is 28.7 Å². The number of pyridine rings is 1. The van der Waals surface area contributed by atoms with Gasteiger partial charge in [-0.1, -0.05) is 54.4 Å². The largest absolute Gasteiger partial charge is 0.389 e. The van der Waals surface area contributed by atoms with Crippen molar-refractivity contribution in [2.45, 2.75) is 67.6 Å². The smallest absolute Gasteiger partial charge is 0.225 e. The molecule has 4 aromatic rings. The molecule has 0 radical (unpaired) electrons. The van der Waals surface area contributed by atoms with Crippen molar-refractivity contribution in [2.24, 2.45) is 11.8 Å². The second-order valence-corrected chi connectivity index (χ2v) is 11.1. The molecule has 0 spiro atoms. The molecule has 2 unspecified atom stereocenters. The zero-order valence-electron chi connectivity index (χ0n) is 23.9. The Labute approximate surface area is 238 Å². The number of hydrogen-bond acceptors (Lipinski definition) is 8. The lowest BCUT2D eigenvalue weighted by Gasteiger charge is -2.18. The van der Waals surface area contributed by atoms with E-state index in [1.54, 1.807) is 6.20 Å². The van der Waals surface area contributed by atoms with Crippen LogP contribution >= 0.6 is 11.3 Å². The Hall–Kier alpha value is -3.42. The number of fused-ring (bicyclic) bond motifs is 4. The number of halogens is 2. The van der Waals surface area contributed by atoms with Crippen LogP contribution in [0, 0.1) is 34.8 Å². The van der Waals surface area contributed by atoms with Crippen molar-refractivity contribution < 1.29 is 13.5 Å². The second-order valence-electron chi connectivity index (χ2n) is 10.0. The SMILES string of the molecule is CC.CC1CN(c2ncc3c4c(c(-c5ncc(F)c6sc(N)c(C#N)c56)c(F)c3n2)COC4)CC1C.CCCC. The molecule has 0 saturated carbocycles. The summed E-state index contributed by atoms with van der Waals surface area (Å²) in [6, 6.07) is 2.03. The van der Waals surface area contributed by atoms with Crippen molar-refractivity contribution >= 4 is 43.3 Å². The predicted molar refractivity (Wildman–Crippen MR) is 158 cm³/mol. The maximum Gasteiger partial charge on any atom is 0.225 e. The molecule has 7 nitrogen and oxygen atoms in total. The van der Waals surface area contributed by atoms with Crippen molar-refractivity contribution in [3.63, 3.8) is 0 Å². The van der Waals surface area contributed by atoms with Gasteiger partial charge in [-0.2, -0.15) is 5.26 Å². The summed E-state index contributed by atoms with van der Waals surface area (Å²) >= 11 is 0.955. The molecule has 6 rings (SSSR count). The van der Waals surface area contributed by atoms with Gasteiger partial charge in [-0.15, -0.1) is 11.3 Å². The summed E-state index contributed by atoms with van der Waals surface area (Å²) in [4.78, 5) is 15.5. The Morgan fingerprint density at radius 1 is 1.07 bits per heavy atom. The molecule has 10 heteroatoms. The average Bonchev–Trinajstić information content (AvgIpc) is 3.68. The fraction of sp³-hybridized carbons (Fsp3) is 0.467. The highest BCUT2D eigenvalue weighted by molar-refractivity contribution is 7.23. The molecule has 1 aromatic carbocycles. The number of nitrogens with two attached hydrogens (primary N) is 1. The van der Waals surface area contributed by atoms with Gasteiger partial charge >= 0.3 is 0 Å². The molecule has 2 aliphatic heterocycles. The topological polar surface area (TPSA) is 101 Å². The fourth-order valence-electron chi connectivity index (χ4n) is 4.98. The first kappa shape index (κ1) is 29.6. The van der Waals surface area contributed by atoms with E-state index in [0.717, 1.165) is 36.2 Å². The molecule has 0 bridgehead atoms. The van der Waals surface area contributed by atoms with Gasteiger partial charge in [-0.25, -0.2) is 18.7 Å². The van der Waals surface area contributed by atoms with Crippen molar-refractivity contribution in [2.75, 3.05) is 23.7 Å². The molecule has 0 aliphatic carbocycles. The second kappa shape index (κ2) is 12.4. The molecule has 1 saturated heterocycles. The number of hydrogen-bond donors (Lipinski definition) is 1. The minimum Gasteiger partial charge on any atom is -0.389 e. The summed E-state index contributed by atoms with van der Waals surface area (Å²) in [6.07, 6.45) is 5.33. The average molecular weight is 567 g/mol. The number of benzene rings is 1. The van der Waals surface area contributed by atoms with Crippen LogP contribution in [-0.2, 0) is 18.0 Å². The first-order chi connectivity index (χ1) is 19.3. The van der Waals surface area contributed by atoms with Crippen LogP contribution in [0.5, 0.6) is 0 Å². The molecule has 2 aliphatic rings. The molecule has 5 heterocycles. The first-order valence-electron chi connectivity index (χ1n) is 13.9. The first-order valence-corrected chi connectivity index (χ1v) is 14.7. The van der Waals surface area contributed by atoms with Gasteiger partial charge in [-0.05, 0) is 23.0 Å². The van der Waals surface area contributed by atoms with E-state index in [1.807, 2.05) is 19.9 Å². The quantitative estimate of drug-likeness (QED) is 0.273. The Bertz CT molecular complexity index is 1570. The van der Waals surface area contributed by atoms with Crippen LogP contribution in [0.15, 0.2) is 12.4 Å². The van der Waals surface area contributed by atoms with Gasteiger partial charge in [-0.3, -0.25) is 4.98 Å². The summed E-state index contributed by atoms with van der Waals surface area (Å²) in [5.41, 5.74) is 7.98. The molecule has 3 aromatic heterocycles. The Balaban J connectivity index is 0.000000568. The van der Waals surface area contributed by atoms with E-state index in [9.17, 15) is 9.65 Å². The lowest BCUT2D eigenvalue weighted by atomic mass is 9.94. The van der Waals surface area contributed by atoms with E-state index in [1.165, 1.54) is 12.8 Å². The van der Waals surface area contributed by atoms with E-state index >= 15 is 4.39 Å². The maximum absolute atomic E-state index is 16.3. The Morgan fingerprint density at radius 2 is 1.73 bits per heavy atom. The highest BCUT2D eigenvalue weighted by Crippen LogP contribution is 2.45. The highest BCUT2D eigenvalue weighted by Gasteiger charge is 2.32. The van der Waals surface area contributed by atoms with Crippen LogP contribution < -0.4 is 10.6 Å². The number of nitrogen functional groups attached to an aromatic ring is 1. The number of anilines is 2. The monoisotopic (exact) mass is 566 g/mol. The van der Waals surface area contributed by atoms with E-state index in [2.05, 4.69) is 47.5 Å². The van der Waals surface area contributed by atoms with E-state index in [4.69, 9.17) is 10.5 Å². The minimum atomic E-state index is -0.604. The Morgan fingerprint density at radius 3 is 2.35 bits per heavy atom. The molecular weight excluding hydrogens is 530 g/mol. The third-order valence-electron chi connectivity index (χ3n) is 7.50. The lowest BCUT2D eigenvalue weighted by Crippen LogP contribution is -2.22. The number of nitriles is 1. The summed E-state index contributed by atoms with van der Waals surface area (Å²) in [5, 5.41) is 10.7. The fourth-order valence-corrected chi connectivity index (χ4v) is 5.91. The zero-order chi connectivity index (χ0) is 29.1. The van der Waals surface area contributed by atoms with Gasteiger partial charge in [0, 0.05) is 35.6 Å². The summed E-state index contributed by atoms with van der Waals surface area (Å²) in [5.74, 6) is 0.254. The van der Waals surface area contributed by atoms with E-state index < -0.39 is 11.6 Å². The molecule has 2 N–H and O–H groups in total. The summed E-state index contributed by atoms with van der Waals surface area (Å²) in [7, 11) is 0. The van der Waals surface area contributed by atoms with Crippen LogP contribution in [0.1, 0.15) is 71.1 Å². The molecule has 1 fully saturated rings. The van der Waals surface area contributed by atoms with Gasteiger partial charge in [0.2, 0.25) is 5.95 Å². The lowest BCUT2D eigenvalue weighted by molar-refractivity contribution is 0.135. The van der Waals surface area contributed by atoms with Crippen LogP contribution in [0.3, 0.4) is 0 Å². The molecule has 0 amide bonds. The number of ether oxygens (including phenoxy) is 1. The van der Waals surface area contributed by atoms with Gasteiger partial charge in [0.15, 0.2) is 11.6 Å². The maximum atomic E-state index is 16.3. The molecule has 212 valence electrons. The molecule has 40 heavy (non-hydrogen) atoms. The number of thiophene rings is 1. The number of rotatable bonds is 3. The normalized spacial score (nSPS) is 17.7. The standard InChI is InChI=1S/C24H20F2N6OS.C4H10.C2H6/c1-10-6-32(7-11(10)2)24-30-4-13-14-8-33-9-15(14)17(19(26)20(13)31-24)21-18-12(3-27)23(28)34-22(18)16(25)5-29-21;1-3-4-2;1-2/h4-5,10-11H,6-9,28H2,1-2H3;3-4H2,1-2H3;1-2H3. The predicted octanol–water partition coefficient (Wildman–Crippen LogP) is 7.59. The third kappa shape index (κ3) is 5.08. The van der Waals surface area contributed by atoms with Gasteiger partial charge in [0.05, 0.1) is 35.4 Å². The highest BCUT2D eigenvalue weighted by atomic mass is 32.1. The van der Waals surface area contributed by atoms with Gasteiger partial charge < -0.3 is 15.4 Å². The minimum absolute atomic E-state index is 0.0950. The van der Waals surface area contributed by atoms with Crippen molar-refractivity contribution in [1.29, 1.82) is 5.26 Å². The number of aromatic nitrogens is 3. The van der Waals surface area contributed by atoms with Crippen molar-refractivity contribution in [1.82, 2.24) is 15.0 Å². The summed E-state index contributed by atoms with van der Waals surface area (Å²) < 4.78 is 36.7. The number of nitrogens with zero attached hydrogens (tertiary/aromatic N) is 5.